The van der Waals surface area contributed by atoms with Gasteiger partial charge in [-0.05, 0) is 25.2 Å². The van der Waals surface area contributed by atoms with E-state index < -0.39 is 0 Å². The molecule has 1 fully saturated rings. The van der Waals surface area contributed by atoms with E-state index in [0.717, 1.165) is 19.6 Å². The lowest BCUT2D eigenvalue weighted by molar-refractivity contribution is 0.0855. The number of piperazine rings is 1. The van der Waals surface area contributed by atoms with Crippen LogP contribution in [0.2, 0.25) is 0 Å². The molecule has 3 unspecified atom stereocenters. The predicted octanol–water partition coefficient (Wildman–Crippen LogP) is 3.55. The van der Waals surface area contributed by atoms with Crippen molar-refractivity contribution < 1.29 is 0 Å². The molecule has 0 bridgehead atoms. The number of benzene rings is 1. The normalized spacial score (nSPS) is 29.3. The maximum Gasteiger partial charge on any atom is 0.0474 e. The predicted molar refractivity (Wildman–Crippen MR) is 90.4 cm³/mol. The summed E-state index contributed by atoms with van der Waals surface area (Å²) >= 11 is 1.96. The summed E-state index contributed by atoms with van der Waals surface area (Å²) in [5, 5.41) is 4.45. The maximum absolute atomic E-state index is 3.77. The second-order valence-electron chi connectivity index (χ2n) is 6.20. The first-order valence-electron chi connectivity index (χ1n) is 7.65. The first-order valence-corrected chi connectivity index (χ1v) is 8.93. The van der Waals surface area contributed by atoms with Gasteiger partial charge in [0.15, 0.2) is 0 Å². The highest BCUT2D eigenvalue weighted by molar-refractivity contribution is 7.99. The van der Waals surface area contributed by atoms with Crippen LogP contribution in [0, 0.1) is 0 Å². The molecule has 0 amide bonds. The summed E-state index contributed by atoms with van der Waals surface area (Å²) in [5.74, 6) is 0. The minimum absolute atomic E-state index is 0.253. The highest BCUT2D eigenvalue weighted by Gasteiger charge is 2.35. The second kappa shape index (κ2) is 6.97. The van der Waals surface area contributed by atoms with Gasteiger partial charge >= 0.3 is 0 Å². The Kier molecular flexibility index (Phi) is 5.53. The van der Waals surface area contributed by atoms with Crippen molar-refractivity contribution in [2.24, 2.45) is 0 Å². The third-order valence-electron chi connectivity index (χ3n) is 4.57. The van der Waals surface area contributed by atoms with Crippen LogP contribution in [-0.2, 0) is 0 Å². The average molecular weight is 292 g/mol. The number of hydrogen-bond acceptors (Lipinski definition) is 3. The molecule has 1 N–H and O–H groups in total. The molecule has 0 aliphatic carbocycles. The number of nitrogens with zero attached hydrogens (tertiary/aromatic N) is 1. The topological polar surface area (TPSA) is 15.3 Å². The molecule has 1 aliphatic heterocycles. The van der Waals surface area contributed by atoms with Gasteiger partial charge in [0, 0.05) is 36.5 Å². The lowest BCUT2D eigenvalue weighted by Gasteiger charge is -2.47. The lowest BCUT2D eigenvalue weighted by Crippen LogP contribution is -2.60. The fourth-order valence-electron chi connectivity index (χ4n) is 2.92. The molecule has 2 rings (SSSR count). The van der Waals surface area contributed by atoms with Crippen molar-refractivity contribution in [2.45, 2.75) is 44.0 Å². The molecule has 0 aromatic heterocycles. The van der Waals surface area contributed by atoms with E-state index in [-0.39, 0.29) is 5.54 Å². The summed E-state index contributed by atoms with van der Waals surface area (Å²) in [6.45, 7) is 10.3. The summed E-state index contributed by atoms with van der Waals surface area (Å²) in [5.41, 5.74) is 1.69. The largest absolute Gasteiger partial charge is 0.308 e. The first kappa shape index (κ1) is 15.9. The summed E-state index contributed by atoms with van der Waals surface area (Å²) in [7, 11) is 0. The monoisotopic (exact) mass is 292 g/mol. The third kappa shape index (κ3) is 3.78. The van der Waals surface area contributed by atoms with Crippen LogP contribution in [0.1, 0.15) is 38.8 Å². The Morgan fingerprint density at radius 2 is 2.10 bits per heavy atom. The number of nitrogens with one attached hydrogen (secondary N) is 1. The molecular formula is C17H28N2S. The lowest BCUT2D eigenvalue weighted by atomic mass is 9.91. The first-order chi connectivity index (χ1) is 9.58. The second-order valence-corrected chi connectivity index (χ2v) is 7.47. The number of hydrogen-bond donors (Lipinski definition) is 1. The SMILES string of the molecule is CCC1(C)CN(CC(C)SC)C(c2ccccc2)CN1. The fraction of sp³-hybridized carbons (Fsp3) is 0.647. The van der Waals surface area contributed by atoms with Crippen LogP contribution in [-0.4, -0.2) is 41.6 Å². The van der Waals surface area contributed by atoms with Crippen LogP contribution >= 0.6 is 11.8 Å². The molecule has 112 valence electrons. The molecule has 1 aliphatic rings. The van der Waals surface area contributed by atoms with E-state index in [0.29, 0.717) is 11.3 Å². The van der Waals surface area contributed by atoms with Gasteiger partial charge in [-0.1, -0.05) is 44.2 Å². The summed E-state index contributed by atoms with van der Waals surface area (Å²) in [4.78, 5) is 2.68. The van der Waals surface area contributed by atoms with Gasteiger partial charge < -0.3 is 5.32 Å². The van der Waals surface area contributed by atoms with E-state index in [2.05, 4.69) is 67.6 Å². The molecule has 1 saturated heterocycles. The Morgan fingerprint density at radius 1 is 1.40 bits per heavy atom. The summed E-state index contributed by atoms with van der Waals surface area (Å²) < 4.78 is 0. The van der Waals surface area contributed by atoms with E-state index in [9.17, 15) is 0 Å². The van der Waals surface area contributed by atoms with Crippen LogP contribution in [0.3, 0.4) is 0 Å². The summed E-state index contributed by atoms with van der Waals surface area (Å²) in [6.07, 6.45) is 3.39. The van der Waals surface area contributed by atoms with E-state index in [1.54, 1.807) is 0 Å². The van der Waals surface area contributed by atoms with Crippen LogP contribution in [0.5, 0.6) is 0 Å². The molecule has 3 heteroatoms. The van der Waals surface area contributed by atoms with Crippen molar-refractivity contribution >= 4 is 11.8 Å². The molecule has 1 aromatic rings. The Labute approximate surface area is 128 Å². The minimum Gasteiger partial charge on any atom is -0.308 e. The molecule has 0 radical (unpaired) electrons. The van der Waals surface area contributed by atoms with Gasteiger partial charge in [0.25, 0.3) is 0 Å². The van der Waals surface area contributed by atoms with Gasteiger partial charge in [0.2, 0.25) is 0 Å². The highest BCUT2D eigenvalue weighted by Crippen LogP contribution is 2.29. The van der Waals surface area contributed by atoms with Crippen LogP contribution in [0.15, 0.2) is 30.3 Å². The van der Waals surface area contributed by atoms with E-state index in [4.69, 9.17) is 0 Å². The van der Waals surface area contributed by atoms with Crippen molar-refractivity contribution in [3.8, 4) is 0 Å². The van der Waals surface area contributed by atoms with Crippen LogP contribution < -0.4 is 5.32 Å². The Bertz CT molecular complexity index is 409. The standard InChI is InChI=1S/C17H28N2S/c1-5-17(3)13-19(12-14(2)20-4)16(11-18-17)15-9-7-6-8-10-15/h6-10,14,16,18H,5,11-13H2,1-4H3. The van der Waals surface area contributed by atoms with Gasteiger partial charge in [-0.25, -0.2) is 0 Å². The van der Waals surface area contributed by atoms with Gasteiger partial charge in [0.1, 0.15) is 0 Å². The quantitative estimate of drug-likeness (QED) is 0.893. The molecule has 1 heterocycles. The molecule has 1 aromatic carbocycles. The fourth-order valence-corrected chi connectivity index (χ4v) is 3.26. The Balaban J connectivity index is 2.17. The minimum atomic E-state index is 0.253. The molecule has 2 nitrogen and oxygen atoms in total. The van der Waals surface area contributed by atoms with Crippen molar-refractivity contribution in [1.29, 1.82) is 0 Å². The zero-order valence-electron chi connectivity index (χ0n) is 13.2. The van der Waals surface area contributed by atoms with E-state index in [1.807, 2.05) is 11.8 Å². The molecule has 0 spiro atoms. The maximum atomic E-state index is 3.77. The molecule has 20 heavy (non-hydrogen) atoms. The Morgan fingerprint density at radius 3 is 2.70 bits per heavy atom. The third-order valence-corrected chi connectivity index (χ3v) is 5.53. The van der Waals surface area contributed by atoms with Gasteiger partial charge in [-0.3, -0.25) is 4.90 Å². The van der Waals surface area contributed by atoms with Crippen molar-refractivity contribution in [3.63, 3.8) is 0 Å². The smallest absolute Gasteiger partial charge is 0.0474 e. The summed E-state index contributed by atoms with van der Waals surface area (Å²) in [6, 6.07) is 11.4. The van der Waals surface area contributed by atoms with E-state index >= 15 is 0 Å². The van der Waals surface area contributed by atoms with Crippen LogP contribution in [0.4, 0.5) is 0 Å². The number of rotatable bonds is 5. The van der Waals surface area contributed by atoms with Crippen molar-refractivity contribution in [3.05, 3.63) is 35.9 Å². The zero-order chi connectivity index (χ0) is 14.6. The molecule has 3 atom stereocenters. The number of thioether (sulfide) groups is 1. The molecular weight excluding hydrogens is 264 g/mol. The van der Waals surface area contributed by atoms with Gasteiger partial charge in [-0.15, -0.1) is 0 Å². The van der Waals surface area contributed by atoms with Crippen LogP contribution in [0.25, 0.3) is 0 Å². The average Bonchev–Trinajstić information content (AvgIpc) is 2.48. The van der Waals surface area contributed by atoms with Crippen molar-refractivity contribution in [1.82, 2.24) is 10.2 Å². The van der Waals surface area contributed by atoms with Gasteiger partial charge in [0.05, 0.1) is 0 Å². The highest BCUT2D eigenvalue weighted by atomic mass is 32.2. The van der Waals surface area contributed by atoms with Gasteiger partial charge in [-0.2, -0.15) is 11.8 Å². The van der Waals surface area contributed by atoms with Crippen molar-refractivity contribution in [2.75, 3.05) is 25.9 Å². The molecule has 0 saturated carbocycles. The van der Waals surface area contributed by atoms with E-state index in [1.165, 1.54) is 12.0 Å². The zero-order valence-corrected chi connectivity index (χ0v) is 14.0. The Hall–Kier alpha value is -0.510.